The van der Waals surface area contributed by atoms with Gasteiger partial charge in [-0.25, -0.2) is 0 Å². The Morgan fingerprint density at radius 3 is 2.69 bits per heavy atom. The molecule has 5 rings (SSSR count). The minimum Gasteiger partial charge on any atom is -0.357 e. The molecule has 0 saturated heterocycles. The van der Waals surface area contributed by atoms with Crippen LogP contribution in [0, 0.1) is 0 Å². The third-order valence-electron chi connectivity index (χ3n) is 5.59. The molecule has 0 unspecified atom stereocenters. The molecule has 0 amide bonds. The number of nitrogens with zero attached hydrogens (tertiary/aromatic N) is 2. The molecule has 0 aliphatic carbocycles. The van der Waals surface area contributed by atoms with Crippen molar-refractivity contribution in [2.75, 3.05) is 13.6 Å². The van der Waals surface area contributed by atoms with E-state index in [1.807, 2.05) is 24.3 Å². The monoisotopic (exact) mass is 423 g/mol. The van der Waals surface area contributed by atoms with Crippen molar-refractivity contribution in [3.8, 4) is 16.8 Å². The molecular weight excluding hydrogens is 405 g/mol. The lowest BCUT2D eigenvalue weighted by Crippen LogP contribution is -2.26. The summed E-state index contributed by atoms with van der Waals surface area (Å²) in [6.45, 7) is 1.99. The quantitative estimate of drug-likeness (QED) is 0.476. The van der Waals surface area contributed by atoms with Crippen LogP contribution >= 0.6 is 23.2 Å². The van der Waals surface area contributed by atoms with Crippen LogP contribution in [0.25, 0.3) is 27.7 Å². The third kappa shape index (κ3) is 3.27. The van der Waals surface area contributed by atoms with Crippen molar-refractivity contribution >= 4 is 34.1 Å². The standard InChI is InChI=1S/C23H19Cl2N3O/c1-27-8-7-19-18-5-3-16(12-21(18)26-22(19)13-27)28-9-6-14(10-23(28)29)17-4-2-15(24)11-20(17)25/h2-6,9-12,26H,7-8,13H2,1H3. The second-order valence-corrected chi connectivity index (χ2v) is 8.39. The van der Waals surface area contributed by atoms with Crippen LogP contribution < -0.4 is 5.56 Å². The maximum absolute atomic E-state index is 12.8. The van der Waals surface area contributed by atoms with Crippen molar-refractivity contribution in [2.45, 2.75) is 13.0 Å². The molecule has 4 aromatic rings. The summed E-state index contributed by atoms with van der Waals surface area (Å²) in [4.78, 5) is 18.7. The van der Waals surface area contributed by atoms with E-state index < -0.39 is 0 Å². The summed E-state index contributed by atoms with van der Waals surface area (Å²) in [7, 11) is 2.13. The van der Waals surface area contributed by atoms with Gasteiger partial charge in [-0.2, -0.15) is 0 Å². The van der Waals surface area contributed by atoms with Crippen molar-refractivity contribution in [3.05, 3.63) is 86.4 Å². The summed E-state index contributed by atoms with van der Waals surface area (Å²) in [5.74, 6) is 0. The van der Waals surface area contributed by atoms with Gasteiger partial charge in [0.25, 0.3) is 5.56 Å². The molecule has 0 fully saturated rings. The fourth-order valence-electron chi connectivity index (χ4n) is 4.10. The first kappa shape index (κ1) is 18.5. The molecule has 0 spiro atoms. The van der Waals surface area contributed by atoms with E-state index in [0.717, 1.165) is 41.8 Å². The number of rotatable bonds is 2. The van der Waals surface area contributed by atoms with Crippen molar-refractivity contribution in [1.82, 2.24) is 14.5 Å². The summed E-state index contributed by atoms with van der Waals surface area (Å²) in [6, 6.07) is 14.9. The Morgan fingerprint density at radius 1 is 1.03 bits per heavy atom. The lowest BCUT2D eigenvalue weighted by atomic mass is 10.0. The Morgan fingerprint density at radius 2 is 1.90 bits per heavy atom. The predicted molar refractivity (Wildman–Crippen MR) is 119 cm³/mol. The smallest absolute Gasteiger partial charge is 0.255 e. The lowest BCUT2D eigenvalue weighted by molar-refractivity contribution is 0.310. The topological polar surface area (TPSA) is 41.0 Å². The third-order valence-corrected chi connectivity index (χ3v) is 6.14. The summed E-state index contributed by atoms with van der Waals surface area (Å²) < 4.78 is 1.65. The highest BCUT2D eigenvalue weighted by Gasteiger charge is 2.18. The van der Waals surface area contributed by atoms with Crippen LogP contribution in [0.5, 0.6) is 0 Å². The van der Waals surface area contributed by atoms with Crippen LogP contribution in [-0.2, 0) is 13.0 Å². The average molecular weight is 424 g/mol. The number of hydrogen-bond acceptors (Lipinski definition) is 2. The highest BCUT2D eigenvalue weighted by atomic mass is 35.5. The van der Waals surface area contributed by atoms with Crippen LogP contribution in [0.3, 0.4) is 0 Å². The van der Waals surface area contributed by atoms with E-state index in [1.54, 1.807) is 29.0 Å². The van der Waals surface area contributed by atoms with Gasteiger partial charge in [0.2, 0.25) is 0 Å². The largest absolute Gasteiger partial charge is 0.357 e. The molecule has 0 saturated carbocycles. The Labute approximate surface area is 178 Å². The van der Waals surface area contributed by atoms with Gasteiger partial charge < -0.3 is 9.88 Å². The van der Waals surface area contributed by atoms with Crippen LogP contribution in [0.4, 0.5) is 0 Å². The number of likely N-dealkylation sites (N-methyl/N-ethyl adjacent to an activating group) is 1. The molecule has 0 bridgehead atoms. The molecule has 4 nitrogen and oxygen atoms in total. The summed E-state index contributed by atoms with van der Waals surface area (Å²) in [5.41, 5.74) is 6.02. The van der Waals surface area contributed by atoms with Gasteiger partial charge in [-0.05, 0) is 54.9 Å². The second kappa shape index (κ2) is 7.06. The van der Waals surface area contributed by atoms with Crippen molar-refractivity contribution in [3.63, 3.8) is 0 Å². The first-order valence-corrected chi connectivity index (χ1v) is 10.3. The average Bonchev–Trinajstić information content (AvgIpc) is 3.04. The second-order valence-electron chi connectivity index (χ2n) is 7.55. The predicted octanol–water partition coefficient (Wildman–Crippen LogP) is 5.28. The number of halogens is 2. The number of fused-ring (bicyclic) bond motifs is 3. The maximum Gasteiger partial charge on any atom is 0.255 e. The van der Waals surface area contributed by atoms with Gasteiger partial charge >= 0.3 is 0 Å². The zero-order valence-corrected chi connectivity index (χ0v) is 17.4. The highest BCUT2D eigenvalue weighted by Crippen LogP contribution is 2.31. The van der Waals surface area contributed by atoms with E-state index in [9.17, 15) is 4.79 Å². The van der Waals surface area contributed by atoms with Gasteiger partial charge in [0, 0.05) is 57.6 Å². The minimum atomic E-state index is -0.107. The number of H-pyrrole nitrogens is 1. The number of aromatic amines is 1. The van der Waals surface area contributed by atoms with Crippen LogP contribution in [0.2, 0.25) is 10.0 Å². The molecule has 1 aliphatic rings. The Balaban J connectivity index is 1.55. The molecule has 2 aromatic carbocycles. The molecule has 0 radical (unpaired) electrons. The summed E-state index contributed by atoms with van der Waals surface area (Å²) >= 11 is 12.3. The van der Waals surface area contributed by atoms with E-state index in [1.165, 1.54) is 16.6 Å². The molecule has 6 heteroatoms. The van der Waals surface area contributed by atoms with E-state index >= 15 is 0 Å². The van der Waals surface area contributed by atoms with E-state index in [2.05, 4.69) is 23.0 Å². The molecule has 29 heavy (non-hydrogen) atoms. The molecule has 0 atom stereocenters. The van der Waals surface area contributed by atoms with E-state index in [4.69, 9.17) is 23.2 Å². The number of hydrogen-bond donors (Lipinski definition) is 1. The van der Waals surface area contributed by atoms with Gasteiger partial charge in [-0.1, -0.05) is 35.3 Å². The summed E-state index contributed by atoms with van der Waals surface area (Å²) in [6.07, 6.45) is 2.84. The van der Waals surface area contributed by atoms with Gasteiger partial charge in [-0.15, -0.1) is 0 Å². The number of aromatic nitrogens is 2. The zero-order chi connectivity index (χ0) is 20.1. The van der Waals surface area contributed by atoms with Crippen LogP contribution in [-0.4, -0.2) is 28.0 Å². The molecule has 146 valence electrons. The molecule has 2 aromatic heterocycles. The van der Waals surface area contributed by atoms with E-state index in [-0.39, 0.29) is 5.56 Å². The Kier molecular flexibility index (Phi) is 4.50. The zero-order valence-electron chi connectivity index (χ0n) is 15.9. The van der Waals surface area contributed by atoms with Crippen molar-refractivity contribution < 1.29 is 0 Å². The number of benzene rings is 2. The van der Waals surface area contributed by atoms with E-state index in [0.29, 0.717) is 10.0 Å². The number of pyridine rings is 1. The van der Waals surface area contributed by atoms with Gasteiger partial charge in [0.05, 0.1) is 5.69 Å². The SMILES string of the molecule is CN1CCc2c([nH]c3cc(-n4ccc(-c5ccc(Cl)cc5Cl)cc4=O)ccc23)C1. The van der Waals surface area contributed by atoms with Gasteiger partial charge in [0.15, 0.2) is 0 Å². The fourth-order valence-corrected chi connectivity index (χ4v) is 4.62. The van der Waals surface area contributed by atoms with Gasteiger partial charge in [-0.3, -0.25) is 9.36 Å². The Bertz CT molecular complexity index is 1310. The lowest BCUT2D eigenvalue weighted by Gasteiger charge is -2.22. The first-order chi connectivity index (χ1) is 14.0. The molecular formula is C23H19Cl2N3O. The van der Waals surface area contributed by atoms with Crippen molar-refractivity contribution in [2.24, 2.45) is 0 Å². The van der Waals surface area contributed by atoms with Crippen LogP contribution in [0.15, 0.2) is 59.5 Å². The summed E-state index contributed by atoms with van der Waals surface area (Å²) in [5, 5.41) is 2.34. The molecule has 1 N–H and O–H groups in total. The first-order valence-electron chi connectivity index (χ1n) is 9.50. The molecule has 1 aliphatic heterocycles. The maximum atomic E-state index is 12.8. The molecule has 3 heterocycles. The van der Waals surface area contributed by atoms with Crippen LogP contribution in [0.1, 0.15) is 11.3 Å². The normalized spacial score (nSPS) is 14.3. The number of nitrogens with one attached hydrogen (secondary N) is 1. The Hall–Kier alpha value is -2.53. The van der Waals surface area contributed by atoms with Crippen molar-refractivity contribution in [1.29, 1.82) is 0 Å². The fraction of sp³-hybridized carbons (Fsp3) is 0.174. The minimum absolute atomic E-state index is 0.107. The van der Waals surface area contributed by atoms with Gasteiger partial charge in [0.1, 0.15) is 0 Å². The highest BCUT2D eigenvalue weighted by molar-refractivity contribution is 6.36.